The van der Waals surface area contributed by atoms with E-state index in [9.17, 15) is 10.4 Å². The lowest BCUT2D eigenvalue weighted by molar-refractivity contribution is 0.125. The summed E-state index contributed by atoms with van der Waals surface area (Å²) in [5, 5.41) is 20.9. The van der Waals surface area contributed by atoms with Gasteiger partial charge in [0.05, 0.1) is 11.6 Å². The van der Waals surface area contributed by atoms with Crippen LogP contribution in [-0.2, 0) is 5.60 Å². The minimum Gasteiger partial charge on any atom is -0.376 e. The number of aliphatic hydroxyl groups is 1. The molecule has 0 aliphatic rings. The molecule has 0 aromatic heterocycles. The van der Waals surface area contributed by atoms with E-state index in [0.29, 0.717) is 11.1 Å². The summed E-state index contributed by atoms with van der Waals surface area (Å²) in [6, 6.07) is 26.3. The molecule has 0 amide bonds. The van der Waals surface area contributed by atoms with Gasteiger partial charge in [-0.15, -0.1) is 0 Å². The van der Waals surface area contributed by atoms with E-state index in [2.05, 4.69) is 22.0 Å². The molecule has 0 aliphatic carbocycles. The highest BCUT2D eigenvalue weighted by Gasteiger charge is 2.35. The number of nitrogens with zero attached hydrogens (tertiary/aromatic N) is 1. The maximum Gasteiger partial charge on any atom is 0.141 e. The van der Waals surface area contributed by atoms with Gasteiger partial charge in [-0.2, -0.15) is 5.26 Å². The SMILES string of the molecule is N#Cc1ccc(Br)c(C(O)(c2ccccc2)c2ccccc2)c1. The second kappa shape index (κ2) is 6.37. The van der Waals surface area contributed by atoms with Crippen molar-refractivity contribution in [1.29, 1.82) is 5.26 Å². The highest BCUT2D eigenvalue weighted by molar-refractivity contribution is 9.10. The van der Waals surface area contributed by atoms with E-state index in [1.807, 2.05) is 60.7 Å². The first kappa shape index (κ1) is 15.5. The van der Waals surface area contributed by atoms with Crippen LogP contribution in [0, 0.1) is 11.3 Å². The number of hydrogen-bond acceptors (Lipinski definition) is 2. The summed E-state index contributed by atoms with van der Waals surface area (Å²) in [5.41, 5.74) is 1.32. The van der Waals surface area contributed by atoms with E-state index in [1.54, 1.807) is 18.2 Å². The zero-order chi connectivity index (χ0) is 16.3. The van der Waals surface area contributed by atoms with Gasteiger partial charge >= 0.3 is 0 Å². The molecule has 23 heavy (non-hydrogen) atoms. The second-order valence-electron chi connectivity index (χ2n) is 5.25. The van der Waals surface area contributed by atoms with Gasteiger partial charge in [0.2, 0.25) is 0 Å². The van der Waals surface area contributed by atoms with Crippen LogP contribution < -0.4 is 0 Å². The molecule has 0 heterocycles. The zero-order valence-corrected chi connectivity index (χ0v) is 13.9. The first-order valence-corrected chi connectivity index (χ1v) is 7.99. The molecule has 0 saturated heterocycles. The summed E-state index contributed by atoms with van der Waals surface area (Å²) in [6.45, 7) is 0. The molecule has 0 bridgehead atoms. The Hall–Kier alpha value is -2.41. The monoisotopic (exact) mass is 363 g/mol. The van der Waals surface area contributed by atoms with Crippen molar-refractivity contribution in [2.45, 2.75) is 5.60 Å². The van der Waals surface area contributed by atoms with E-state index in [4.69, 9.17) is 0 Å². The molecule has 0 fully saturated rings. The van der Waals surface area contributed by atoms with Gasteiger partial charge in [0, 0.05) is 10.0 Å². The highest BCUT2D eigenvalue weighted by Crippen LogP contribution is 2.40. The van der Waals surface area contributed by atoms with Gasteiger partial charge in [-0.05, 0) is 29.3 Å². The molecule has 3 heteroatoms. The quantitative estimate of drug-likeness (QED) is 0.690. The standard InChI is InChI=1S/C20H14BrNO/c21-19-12-11-15(14-22)13-18(19)20(23,16-7-3-1-4-8-16)17-9-5-2-6-10-17/h1-13,23H. The first-order valence-electron chi connectivity index (χ1n) is 7.20. The summed E-state index contributed by atoms with van der Waals surface area (Å²) >= 11 is 3.52. The van der Waals surface area contributed by atoms with Gasteiger partial charge in [0.15, 0.2) is 0 Å². The lowest BCUT2D eigenvalue weighted by Gasteiger charge is -2.31. The lowest BCUT2D eigenvalue weighted by Crippen LogP contribution is -2.29. The molecular formula is C20H14BrNO. The van der Waals surface area contributed by atoms with Gasteiger partial charge in [-0.3, -0.25) is 0 Å². The van der Waals surface area contributed by atoms with E-state index < -0.39 is 5.60 Å². The molecular weight excluding hydrogens is 350 g/mol. The Morgan fingerprint density at radius 3 is 1.83 bits per heavy atom. The Morgan fingerprint density at radius 2 is 1.35 bits per heavy atom. The smallest absolute Gasteiger partial charge is 0.141 e. The van der Waals surface area contributed by atoms with Crippen LogP contribution in [0.5, 0.6) is 0 Å². The summed E-state index contributed by atoms with van der Waals surface area (Å²) in [4.78, 5) is 0. The Balaban J connectivity index is 2.32. The molecule has 1 N–H and O–H groups in total. The molecule has 0 saturated carbocycles. The normalized spacial score (nSPS) is 11.0. The van der Waals surface area contributed by atoms with Crippen molar-refractivity contribution in [3.8, 4) is 6.07 Å². The van der Waals surface area contributed by atoms with Crippen molar-refractivity contribution in [1.82, 2.24) is 0 Å². The molecule has 3 aromatic rings. The first-order chi connectivity index (χ1) is 11.2. The number of benzene rings is 3. The topological polar surface area (TPSA) is 44.0 Å². The summed E-state index contributed by atoms with van der Waals surface area (Å²) in [5.74, 6) is 0. The van der Waals surface area contributed by atoms with Crippen LogP contribution >= 0.6 is 15.9 Å². The maximum atomic E-state index is 11.7. The number of rotatable bonds is 3. The fourth-order valence-corrected chi connectivity index (χ4v) is 3.24. The van der Waals surface area contributed by atoms with Crippen LogP contribution in [0.25, 0.3) is 0 Å². The molecule has 0 spiro atoms. The lowest BCUT2D eigenvalue weighted by atomic mass is 9.80. The zero-order valence-electron chi connectivity index (χ0n) is 12.3. The minimum atomic E-state index is -1.34. The van der Waals surface area contributed by atoms with Crippen molar-refractivity contribution in [3.05, 3.63) is 106 Å². The Morgan fingerprint density at radius 1 is 0.826 bits per heavy atom. The van der Waals surface area contributed by atoms with Crippen molar-refractivity contribution >= 4 is 15.9 Å². The molecule has 112 valence electrons. The second-order valence-corrected chi connectivity index (χ2v) is 6.10. The Bertz CT molecular complexity index is 814. The van der Waals surface area contributed by atoms with E-state index in [-0.39, 0.29) is 0 Å². The molecule has 3 aromatic carbocycles. The van der Waals surface area contributed by atoms with Crippen molar-refractivity contribution in [3.63, 3.8) is 0 Å². The Kier molecular flexibility index (Phi) is 4.29. The van der Waals surface area contributed by atoms with Gasteiger partial charge in [0.1, 0.15) is 5.60 Å². The third-order valence-electron chi connectivity index (χ3n) is 3.87. The predicted molar refractivity (Wildman–Crippen MR) is 93.8 cm³/mol. The molecule has 3 rings (SSSR count). The fourth-order valence-electron chi connectivity index (χ4n) is 2.71. The highest BCUT2D eigenvalue weighted by atomic mass is 79.9. The van der Waals surface area contributed by atoms with Crippen LogP contribution in [0.15, 0.2) is 83.3 Å². The van der Waals surface area contributed by atoms with E-state index in [1.165, 1.54) is 0 Å². The van der Waals surface area contributed by atoms with Gasteiger partial charge < -0.3 is 5.11 Å². The van der Waals surface area contributed by atoms with Crippen LogP contribution in [0.1, 0.15) is 22.3 Å². The largest absolute Gasteiger partial charge is 0.376 e. The average Bonchev–Trinajstić information content (AvgIpc) is 2.63. The molecule has 0 radical (unpaired) electrons. The van der Waals surface area contributed by atoms with E-state index in [0.717, 1.165) is 15.6 Å². The predicted octanol–water partition coefficient (Wildman–Crippen LogP) is 4.60. The van der Waals surface area contributed by atoms with Crippen LogP contribution in [-0.4, -0.2) is 5.11 Å². The molecule has 0 atom stereocenters. The summed E-state index contributed by atoms with van der Waals surface area (Å²) in [7, 11) is 0. The number of halogens is 1. The average molecular weight is 364 g/mol. The minimum absolute atomic E-state index is 0.508. The molecule has 0 aliphatic heterocycles. The van der Waals surface area contributed by atoms with E-state index >= 15 is 0 Å². The van der Waals surface area contributed by atoms with Crippen LogP contribution in [0.4, 0.5) is 0 Å². The third kappa shape index (κ3) is 2.79. The fraction of sp³-hybridized carbons (Fsp3) is 0.0500. The van der Waals surface area contributed by atoms with Crippen LogP contribution in [0.3, 0.4) is 0 Å². The summed E-state index contributed by atoms with van der Waals surface area (Å²) in [6.07, 6.45) is 0. The Labute approximate surface area is 143 Å². The molecule has 0 unspecified atom stereocenters. The van der Waals surface area contributed by atoms with Gasteiger partial charge in [0.25, 0.3) is 0 Å². The van der Waals surface area contributed by atoms with Crippen molar-refractivity contribution < 1.29 is 5.11 Å². The maximum absolute atomic E-state index is 11.7. The molecule has 2 nitrogen and oxygen atoms in total. The van der Waals surface area contributed by atoms with Gasteiger partial charge in [-0.1, -0.05) is 76.6 Å². The van der Waals surface area contributed by atoms with Crippen molar-refractivity contribution in [2.75, 3.05) is 0 Å². The number of nitriles is 1. The van der Waals surface area contributed by atoms with Crippen molar-refractivity contribution in [2.24, 2.45) is 0 Å². The van der Waals surface area contributed by atoms with Gasteiger partial charge in [-0.25, -0.2) is 0 Å². The van der Waals surface area contributed by atoms with Crippen LogP contribution in [0.2, 0.25) is 0 Å². The number of hydrogen-bond donors (Lipinski definition) is 1. The third-order valence-corrected chi connectivity index (χ3v) is 4.56. The summed E-state index contributed by atoms with van der Waals surface area (Å²) < 4.78 is 0.756.